The summed E-state index contributed by atoms with van der Waals surface area (Å²) in [6.07, 6.45) is 0.462. The lowest BCUT2D eigenvalue weighted by Gasteiger charge is -2.09. The number of carbonyl (C=O) groups excluding carboxylic acids is 2. The molecule has 1 N–H and O–H groups in total. The number of nitrogens with one attached hydrogen (secondary N) is 1. The van der Waals surface area contributed by atoms with Crippen LogP contribution >= 0.6 is 0 Å². The van der Waals surface area contributed by atoms with Crippen molar-refractivity contribution in [1.82, 2.24) is 5.32 Å². The summed E-state index contributed by atoms with van der Waals surface area (Å²) in [5.74, 6) is 1.29. The van der Waals surface area contributed by atoms with Crippen molar-refractivity contribution in [1.29, 1.82) is 0 Å². The lowest BCUT2D eigenvalue weighted by atomic mass is 10.1. The Labute approximate surface area is 108 Å². The van der Waals surface area contributed by atoms with Crippen LogP contribution in [0.15, 0.2) is 29.8 Å². The quantitative estimate of drug-likeness (QED) is 0.282. The fraction of sp³-hybridized carbons (Fsp3) is 0.250. The Morgan fingerprint density at radius 3 is 2.68 bits per heavy atom. The minimum Gasteiger partial charge on any atom is -0.425 e. The van der Waals surface area contributed by atoms with E-state index in [-0.39, 0.29) is 11.4 Å². The van der Waals surface area contributed by atoms with Gasteiger partial charge in [0.15, 0.2) is 0 Å². The van der Waals surface area contributed by atoms with E-state index in [1.807, 2.05) is 0 Å². The number of carbonyl (C=O) groups is 1. The van der Waals surface area contributed by atoms with Crippen molar-refractivity contribution in [3.8, 4) is 5.75 Å². The van der Waals surface area contributed by atoms with Crippen LogP contribution in [0.1, 0.15) is 6.42 Å². The Hall–Kier alpha value is -2.50. The molecule has 7 heteroatoms. The molecule has 1 aromatic carbocycles. The lowest BCUT2D eigenvalue weighted by Crippen LogP contribution is -2.35. The number of non-ortho nitro benzene ring substituents is 1. The van der Waals surface area contributed by atoms with E-state index in [4.69, 9.17) is 4.74 Å². The van der Waals surface area contributed by atoms with Crippen molar-refractivity contribution in [3.63, 3.8) is 0 Å². The smallest absolute Gasteiger partial charge is 0.333 e. The van der Waals surface area contributed by atoms with E-state index in [1.54, 1.807) is 5.94 Å². The van der Waals surface area contributed by atoms with E-state index < -0.39 is 16.9 Å². The number of benzene rings is 1. The third-order valence-corrected chi connectivity index (χ3v) is 2.72. The maximum Gasteiger partial charge on any atom is 0.333 e. The molecule has 0 unspecified atom stereocenters. The molecule has 0 spiro atoms. The molecule has 19 heavy (non-hydrogen) atoms. The van der Waals surface area contributed by atoms with Gasteiger partial charge in [-0.25, -0.2) is 9.59 Å². The largest absolute Gasteiger partial charge is 0.425 e. The van der Waals surface area contributed by atoms with Crippen molar-refractivity contribution < 1.29 is 19.2 Å². The van der Waals surface area contributed by atoms with Crippen molar-refractivity contribution in [2.24, 2.45) is 0 Å². The summed E-state index contributed by atoms with van der Waals surface area (Å²) >= 11 is 0. The standard InChI is InChI=1S/C12H10N2O5/c15-7-8-5-6-13-11(8)12(16)19-10-3-1-9(2-4-10)14(17)18/h1-4,11,13H,5-6H2/t11-/m0/s1. The van der Waals surface area contributed by atoms with Gasteiger partial charge in [0.1, 0.15) is 17.7 Å². The van der Waals surface area contributed by atoms with Crippen molar-refractivity contribution >= 4 is 17.6 Å². The molecule has 1 saturated heterocycles. The van der Waals surface area contributed by atoms with Crippen molar-refractivity contribution in [2.45, 2.75) is 12.5 Å². The summed E-state index contributed by atoms with van der Waals surface area (Å²) in [4.78, 5) is 32.3. The summed E-state index contributed by atoms with van der Waals surface area (Å²) in [6.45, 7) is 0.518. The zero-order valence-electron chi connectivity index (χ0n) is 9.79. The molecule has 2 rings (SSSR count). The first-order valence-electron chi connectivity index (χ1n) is 5.55. The first-order valence-corrected chi connectivity index (χ1v) is 5.55. The second-order valence-electron chi connectivity index (χ2n) is 3.94. The highest BCUT2D eigenvalue weighted by atomic mass is 16.6. The molecule has 1 fully saturated rings. The average molecular weight is 262 g/mol. The summed E-state index contributed by atoms with van der Waals surface area (Å²) in [5, 5.41) is 13.3. The summed E-state index contributed by atoms with van der Waals surface area (Å²) in [7, 11) is 0. The maximum absolute atomic E-state index is 11.8. The van der Waals surface area contributed by atoms with E-state index in [2.05, 4.69) is 5.32 Å². The van der Waals surface area contributed by atoms with Gasteiger partial charge in [0.2, 0.25) is 0 Å². The van der Waals surface area contributed by atoms with Gasteiger partial charge in [-0.1, -0.05) is 0 Å². The van der Waals surface area contributed by atoms with Gasteiger partial charge in [0, 0.05) is 24.3 Å². The number of esters is 1. The first-order chi connectivity index (χ1) is 9.11. The monoisotopic (exact) mass is 262 g/mol. The molecule has 1 heterocycles. The molecule has 0 bridgehead atoms. The third-order valence-electron chi connectivity index (χ3n) is 2.72. The van der Waals surface area contributed by atoms with Crippen LogP contribution in [-0.4, -0.2) is 29.4 Å². The fourth-order valence-electron chi connectivity index (χ4n) is 1.77. The van der Waals surface area contributed by atoms with Crippen LogP contribution in [0.2, 0.25) is 0 Å². The molecule has 1 atom stereocenters. The van der Waals surface area contributed by atoms with Crippen LogP contribution in [0.25, 0.3) is 0 Å². The maximum atomic E-state index is 11.8. The van der Waals surface area contributed by atoms with Crippen LogP contribution in [0.4, 0.5) is 5.69 Å². The molecular weight excluding hydrogens is 252 g/mol. The Kier molecular flexibility index (Phi) is 3.70. The van der Waals surface area contributed by atoms with Gasteiger partial charge < -0.3 is 4.74 Å². The molecule has 1 aliphatic rings. The number of ether oxygens (including phenoxy) is 1. The molecule has 1 aromatic rings. The summed E-state index contributed by atoms with van der Waals surface area (Å²) in [5.41, 5.74) is 0.235. The van der Waals surface area contributed by atoms with Gasteiger partial charge in [-0.15, -0.1) is 0 Å². The van der Waals surface area contributed by atoms with Gasteiger partial charge in [0.05, 0.1) is 4.92 Å². The predicted octanol–water partition coefficient (Wildman–Crippen LogP) is 0.620. The molecule has 0 aliphatic carbocycles. The van der Waals surface area contributed by atoms with Crippen molar-refractivity contribution in [2.75, 3.05) is 6.54 Å². The zero-order chi connectivity index (χ0) is 13.8. The number of hydrogen-bond donors (Lipinski definition) is 1. The third kappa shape index (κ3) is 2.85. The average Bonchev–Trinajstić information content (AvgIpc) is 2.87. The topological polar surface area (TPSA) is 98.5 Å². The zero-order valence-corrected chi connectivity index (χ0v) is 9.79. The minimum absolute atomic E-state index is 0.0905. The molecule has 0 saturated carbocycles. The second-order valence-corrected chi connectivity index (χ2v) is 3.94. The molecular formula is C12H10N2O5. The Morgan fingerprint density at radius 1 is 1.42 bits per heavy atom. The van der Waals surface area contributed by atoms with Gasteiger partial charge in [-0.2, -0.15) is 0 Å². The summed E-state index contributed by atoms with van der Waals surface area (Å²) in [6, 6.07) is 4.35. The predicted molar refractivity (Wildman–Crippen MR) is 64.3 cm³/mol. The Morgan fingerprint density at radius 2 is 2.11 bits per heavy atom. The molecule has 0 radical (unpaired) electrons. The van der Waals surface area contributed by atoms with E-state index in [9.17, 15) is 19.7 Å². The van der Waals surface area contributed by atoms with Gasteiger partial charge in [0.25, 0.3) is 5.69 Å². The van der Waals surface area contributed by atoms with Crippen molar-refractivity contribution in [3.05, 3.63) is 40.0 Å². The Bertz CT molecular complexity index is 560. The number of nitro groups is 1. The first kappa shape index (κ1) is 12.9. The lowest BCUT2D eigenvalue weighted by molar-refractivity contribution is -0.384. The van der Waals surface area contributed by atoms with Crippen LogP contribution < -0.4 is 10.1 Å². The second kappa shape index (κ2) is 5.43. The molecule has 0 aromatic heterocycles. The normalized spacial score (nSPS) is 17.9. The molecule has 1 aliphatic heterocycles. The molecule has 0 amide bonds. The van der Waals surface area contributed by atoms with Crippen LogP contribution in [0, 0.1) is 10.1 Å². The SMILES string of the molecule is O=C=C1CCN[C@@H]1C(=O)Oc1ccc([N+](=O)[O-])cc1. The van der Waals surface area contributed by atoms with Gasteiger partial charge >= 0.3 is 5.97 Å². The number of hydrogen-bond acceptors (Lipinski definition) is 6. The highest BCUT2D eigenvalue weighted by Gasteiger charge is 2.30. The van der Waals surface area contributed by atoms with Crippen LogP contribution in [0.3, 0.4) is 0 Å². The van der Waals surface area contributed by atoms with E-state index in [0.29, 0.717) is 18.5 Å². The number of nitrogens with zero attached hydrogens (tertiary/aromatic N) is 1. The number of nitro benzene ring substituents is 1. The van der Waals surface area contributed by atoms with Gasteiger partial charge in [-0.3, -0.25) is 15.4 Å². The number of rotatable bonds is 3. The highest BCUT2D eigenvalue weighted by molar-refractivity contribution is 5.85. The van der Waals surface area contributed by atoms with Crippen LogP contribution in [0.5, 0.6) is 5.75 Å². The Balaban J connectivity index is 2.06. The van der Waals surface area contributed by atoms with Gasteiger partial charge in [-0.05, 0) is 18.6 Å². The molecule has 7 nitrogen and oxygen atoms in total. The van der Waals surface area contributed by atoms with E-state index >= 15 is 0 Å². The van der Waals surface area contributed by atoms with E-state index in [0.717, 1.165) is 0 Å². The van der Waals surface area contributed by atoms with Crippen LogP contribution in [-0.2, 0) is 9.59 Å². The highest BCUT2D eigenvalue weighted by Crippen LogP contribution is 2.19. The summed E-state index contributed by atoms with van der Waals surface area (Å²) < 4.78 is 5.04. The van der Waals surface area contributed by atoms with E-state index in [1.165, 1.54) is 24.3 Å². The minimum atomic E-state index is -0.785. The fourth-order valence-corrected chi connectivity index (χ4v) is 1.77. The molecule has 98 valence electrons.